The summed E-state index contributed by atoms with van der Waals surface area (Å²) < 4.78 is 5.68. The van der Waals surface area contributed by atoms with E-state index < -0.39 is 0 Å². The summed E-state index contributed by atoms with van der Waals surface area (Å²) in [5.41, 5.74) is 6.54. The van der Waals surface area contributed by atoms with Crippen molar-refractivity contribution >= 4 is 35.8 Å². The van der Waals surface area contributed by atoms with Crippen LogP contribution >= 0.6 is 24.0 Å². The summed E-state index contributed by atoms with van der Waals surface area (Å²) in [6.45, 7) is 5.24. The van der Waals surface area contributed by atoms with Crippen LogP contribution in [0, 0.1) is 5.92 Å². The number of nitrogens with zero attached hydrogens (tertiary/aromatic N) is 2. The van der Waals surface area contributed by atoms with E-state index in [1.807, 2.05) is 25.1 Å². The molecule has 1 atom stereocenters. The van der Waals surface area contributed by atoms with Crippen molar-refractivity contribution in [1.29, 1.82) is 0 Å². The Bertz CT molecular complexity index is 595. The van der Waals surface area contributed by atoms with Gasteiger partial charge in [0.15, 0.2) is 5.96 Å². The second-order valence-electron chi connectivity index (χ2n) is 6.39. The number of nitrogens with one attached hydrogen (secondary N) is 1. The van der Waals surface area contributed by atoms with Gasteiger partial charge in [-0.15, -0.1) is 24.0 Å². The second-order valence-corrected chi connectivity index (χ2v) is 6.39. The molecule has 146 valence electrons. The molecule has 1 heterocycles. The van der Waals surface area contributed by atoms with Gasteiger partial charge in [0, 0.05) is 33.1 Å². The van der Waals surface area contributed by atoms with Gasteiger partial charge in [0.25, 0.3) is 0 Å². The lowest BCUT2D eigenvalue weighted by Gasteiger charge is -2.34. The molecule has 1 fully saturated rings. The lowest BCUT2D eigenvalue weighted by atomic mass is 9.95. The number of para-hydroxylation sites is 1. The van der Waals surface area contributed by atoms with Crippen molar-refractivity contribution in [1.82, 2.24) is 10.2 Å². The van der Waals surface area contributed by atoms with Crippen molar-refractivity contribution in [2.75, 3.05) is 33.3 Å². The fourth-order valence-corrected chi connectivity index (χ4v) is 3.36. The number of benzene rings is 1. The van der Waals surface area contributed by atoms with Crippen LogP contribution in [-0.2, 0) is 11.2 Å². The van der Waals surface area contributed by atoms with Gasteiger partial charge in [-0.3, -0.25) is 9.79 Å². The predicted octanol–water partition coefficient (Wildman–Crippen LogP) is 2.41. The summed E-state index contributed by atoms with van der Waals surface area (Å²) in [4.78, 5) is 17.8. The number of aliphatic imine (C=N–C) groups is 1. The van der Waals surface area contributed by atoms with Gasteiger partial charge >= 0.3 is 0 Å². The lowest BCUT2D eigenvalue weighted by molar-refractivity contribution is -0.119. The lowest BCUT2D eigenvalue weighted by Crippen LogP contribution is -2.47. The summed E-state index contributed by atoms with van der Waals surface area (Å²) in [6.07, 6.45) is 3.44. The Kier molecular flexibility index (Phi) is 10.4. The minimum Gasteiger partial charge on any atom is -0.494 e. The third-order valence-electron chi connectivity index (χ3n) is 4.47. The molecule has 1 unspecified atom stereocenters. The van der Waals surface area contributed by atoms with E-state index in [0.29, 0.717) is 18.9 Å². The van der Waals surface area contributed by atoms with Crippen molar-refractivity contribution in [3.63, 3.8) is 0 Å². The molecular formula is C19H31IN4O2. The maximum atomic E-state index is 11.2. The molecule has 1 amide bonds. The molecule has 1 aliphatic rings. The molecule has 7 heteroatoms. The number of amides is 1. The Morgan fingerprint density at radius 1 is 1.42 bits per heavy atom. The molecule has 0 aromatic heterocycles. The first-order valence-electron chi connectivity index (χ1n) is 9.08. The van der Waals surface area contributed by atoms with Crippen LogP contribution in [0.4, 0.5) is 0 Å². The zero-order chi connectivity index (χ0) is 18.1. The second kappa shape index (κ2) is 12.0. The van der Waals surface area contributed by atoms with Crippen molar-refractivity contribution in [2.24, 2.45) is 16.6 Å². The normalized spacial score (nSPS) is 17.4. The van der Waals surface area contributed by atoms with Crippen LogP contribution in [0.2, 0.25) is 0 Å². The number of carbonyl (C=O) groups is 1. The Morgan fingerprint density at radius 2 is 2.19 bits per heavy atom. The minimum atomic E-state index is -0.220. The molecule has 1 saturated heterocycles. The number of primary amides is 1. The Morgan fingerprint density at radius 3 is 2.88 bits per heavy atom. The number of halogens is 1. The minimum absolute atomic E-state index is 0. The van der Waals surface area contributed by atoms with Crippen LogP contribution in [0.3, 0.4) is 0 Å². The number of carbonyl (C=O) groups excluding carboxylic acids is 1. The average Bonchev–Trinajstić information content (AvgIpc) is 2.60. The predicted molar refractivity (Wildman–Crippen MR) is 116 cm³/mol. The van der Waals surface area contributed by atoms with Crippen molar-refractivity contribution in [3.05, 3.63) is 29.8 Å². The van der Waals surface area contributed by atoms with Gasteiger partial charge in [0.05, 0.1) is 6.61 Å². The summed E-state index contributed by atoms with van der Waals surface area (Å²) in [7, 11) is 1.80. The molecule has 26 heavy (non-hydrogen) atoms. The average molecular weight is 474 g/mol. The van der Waals surface area contributed by atoms with E-state index in [0.717, 1.165) is 50.6 Å². The number of guanidine groups is 1. The topological polar surface area (TPSA) is 79.9 Å². The summed E-state index contributed by atoms with van der Waals surface area (Å²) >= 11 is 0. The van der Waals surface area contributed by atoms with Crippen LogP contribution in [0.1, 0.15) is 31.7 Å². The molecule has 6 nitrogen and oxygen atoms in total. The van der Waals surface area contributed by atoms with Crippen LogP contribution in [0.5, 0.6) is 5.75 Å². The zero-order valence-electron chi connectivity index (χ0n) is 15.7. The number of hydrogen-bond acceptors (Lipinski definition) is 3. The Labute approximate surface area is 173 Å². The first kappa shape index (κ1) is 22.5. The maximum Gasteiger partial charge on any atom is 0.217 e. The smallest absolute Gasteiger partial charge is 0.217 e. The van der Waals surface area contributed by atoms with Crippen molar-refractivity contribution in [3.8, 4) is 5.75 Å². The van der Waals surface area contributed by atoms with Gasteiger partial charge in [0.2, 0.25) is 5.91 Å². The quantitative estimate of drug-likeness (QED) is 0.362. The van der Waals surface area contributed by atoms with Gasteiger partial charge in [-0.05, 0) is 43.7 Å². The largest absolute Gasteiger partial charge is 0.494 e. The molecule has 0 spiro atoms. The van der Waals surface area contributed by atoms with E-state index in [2.05, 4.69) is 21.3 Å². The molecule has 0 bridgehead atoms. The number of hydrogen-bond donors (Lipinski definition) is 2. The number of ether oxygens (including phenoxy) is 1. The number of likely N-dealkylation sites (tertiary alicyclic amines) is 1. The summed E-state index contributed by atoms with van der Waals surface area (Å²) in [6, 6.07) is 8.13. The molecule has 0 radical (unpaired) electrons. The molecule has 1 aromatic carbocycles. The number of nitrogens with two attached hydrogens (primary N) is 1. The summed E-state index contributed by atoms with van der Waals surface area (Å²) in [5, 5.41) is 3.44. The van der Waals surface area contributed by atoms with Crippen LogP contribution in [0.15, 0.2) is 29.3 Å². The summed E-state index contributed by atoms with van der Waals surface area (Å²) in [5.74, 6) is 1.94. The number of piperidine rings is 1. The van der Waals surface area contributed by atoms with E-state index in [4.69, 9.17) is 10.5 Å². The molecule has 1 aliphatic heterocycles. The van der Waals surface area contributed by atoms with Crippen LogP contribution in [-0.4, -0.2) is 50.1 Å². The third kappa shape index (κ3) is 7.01. The zero-order valence-corrected chi connectivity index (χ0v) is 18.1. The molecule has 3 N–H and O–H groups in total. The van der Waals surface area contributed by atoms with Crippen molar-refractivity contribution in [2.45, 2.75) is 32.6 Å². The highest BCUT2D eigenvalue weighted by atomic mass is 127. The van der Waals surface area contributed by atoms with E-state index in [9.17, 15) is 4.79 Å². The fraction of sp³-hybridized carbons (Fsp3) is 0.579. The van der Waals surface area contributed by atoms with Crippen molar-refractivity contribution < 1.29 is 9.53 Å². The molecule has 2 rings (SSSR count). The van der Waals surface area contributed by atoms with Gasteiger partial charge < -0.3 is 20.7 Å². The van der Waals surface area contributed by atoms with Gasteiger partial charge in [-0.1, -0.05) is 18.2 Å². The van der Waals surface area contributed by atoms with Gasteiger partial charge in [0.1, 0.15) is 5.75 Å². The Hall–Kier alpha value is -1.51. The number of rotatable bonds is 7. The van der Waals surface area contributed by atoms with E-state index in [1.54, 1.807) is 7.05 Å². The third-order valence-corrected chi connectivity index (χ3v) is 4.47. The molecular weight excluding hydrogens is 443 g/mol. The molecule has 0 aliphatic carbocycles. The van der Waals surface area contributed by atoms with Crippen LogP contribution in [0.25, 0.3) is 0 Å². The molecule has 0 saturated carbocycles. The van der Waals surface area contributed by atoms with E-state index in [1.165, 1.54) is 5.56 Å². The fourth-order valence-electron chi connectivity index (χ4n) is 3.36. The highest BCUT2D eigenvalue weighted by Gasteiger charge is 2.23. The first-order chi connectivity index (χ1) is 12.1. The first-order valence-corrected chi connectivity index (χ1v) is 9.08. The highest BCUT2D eigenvalue weighted by Crippen LogP contribution is 2.20. The molecule has 1 aromatic rings. The van der Waals surface area contributed by atoms with Crippen LogP contribution < -0.4 is 15.8 Å². The maximum absolute atomic E-state index is 11.2. The highest BCUT2D eigenvalue weighted by molar-refractivity contribution is 14.0. The standard InChI is InChI=1S/C19H30N4O2.HI/c1-3-25-17-9-5-4-8-16(17)10-11-22-19(21-2)23-12-6-7-15(14-23)13-18(20)24;/h4-5,8-9,15H,3,6-7,10-14H2,1-2H3,(H2,20,24)(H,21,22);1H. The monoisotopic (exact) mass is 474 g/mol. The van der Waals surface area contributed by atoms with E-state index in [-0.39, 0.29) is 29.9 Å². The van der Waals surface area contributed by atoms with E-state index >= 15 is 0 Å². The van der Waals surface area contributed by atoms with Gasteiger partial charge in [-0.25, -0.2) is 0 Å². The Balaban J connectivity index is 0.00000338. The SMILES string of the molecule is CCOc1ccccc1CCNC(=NC)N1CCCC(CC(N)=O)C1.I. The van der Waals surface area contributed by atoms with Gasteiger partial charge in [-0.2, -0.15) is 0 Å².